The van der Waals surface area contributed by atoms with E-state index in [1.54, 1.807) is 11.3 Å². The fraction of sp³-hybridized carbons (Fsp3) is 0.643. The van der Waals surface area contributed by atoms with Crippen molar-refractivity contribution in [1.82, 2.24) is 14.7 Å². The number of nitrogens with zero attached hydrogens (tertiary/aromatic N) is 2. The second kappa shape index (κ2) is 4.67. The van der Waals surface area contributed by atoms with Crippen LogP contribution >= 0.6 is 11.3 Å². The van der Waals surface area contributed by atoms with Gasteiger partial charge < -0.3 is 5.32 Å². The highest BCUT2D eigenvalue weighted by Gasteiger charge is 2.21. The Bertz CT molecular complexity index is 555. The molecule has 1 N–H and O–H groups in total. The van der Waals surface area contributed by atoms with Gasteiger partial charge in [0.25, 0.3) is 0 Å². The quantitative estimate of drug-likeness (QED) is 0.920. The van der Waals surface area contributed by atoms with E-state index < -0.39 is 0 Å². The highest BCUT2D eigenvalue weighted by Crippen LogP contribution is 2.25. The minimum absolute atomic E-state index is 0.698. The first kappa shape index (κ1) is 12.2. The van der Waals surface area contributed by atoms with E-state index in [9.17, 15) is 0 Å². The van der Waals surface area contributed by atoms with Crippen molar-refractivity contribution in [1.29, 1.82) is 0 Å². The smallest absolute Gasteiger partial charge is 0.194 e. The molecule has 1 aliphatic rings. The van der Waals surface area contributed by atoms with Crippen molar-refractivity contribution in [2.75, 3.05) is 0 Å². The summed E-state index contributed by atoms with van der Waals surface area (Å²) in [5.41, 5.74) is 3.80. The maximum absolute atomic E-state index is 4.64. The number of imidazole rings is 1. The number of hydrogen-bond donors (Lipinski definition) is 1. The van der Waals surface area contributed by atoms with Gasteiger partial charge in [0.05, 0.1) is 11.4 Å². The molecule has 4 heteroatoms. The summed E-state index contributed by atoms with van der Waals surface area (Å²) >= 11 is 1.73. The number of hydrogen-bond acceptors (Lipinski definition) is 3. The number of thiazole rings is 1. The van der Waals surface area contributed by atoms with E-state index in [1.807, 2.05) is 0 Å². The van der Waals surface area contributed by atoms with Gasteiger partial charge >= 0.3 is 0 Å². The molecule has 0 saturated heterocycles. The standard InChI is InChI=1S/C14H21N3S/c1-9-4-5-12(6-9)15-7-13-11(3)16-14-17(13)10(2)8-18-14/h8-9,12,15H,4-7H2,1-3H3. The Morgan fingerprint density at radius 2 is 2.28 bits per heavy atom. The molecule has 1 aliphatic carbocycles. The summed E-state index contributed by atoms with van der Waals surface area (Å²) in [5, 5.41) is 5.89. The summed E-state index contributed by atoms with van der Waals surface area (Å²) in [6.07, 6.45) is 4.02. The van der Waals surface area contributed by atoms with E-state index in [-0.39, 0.29) is 0 Å². The third-order valence-electron chi connectivity index (χ3n) is 4.08. The van der Waals surface area contributed by atoms with Crippen LogP contribution in [0.2, 0.25) is 0 Å². The van der Waals surface area contributed by atoms with E-state index in [1.165, 1.54) is 36.3 Å². The molecule has 0 bridgehead atoms. The van der Waals surface area contributed by atoms with Crippen molar-refractivity contribution < 1.29 is 0 Å². The maximum Gasteiger partial charge on any atom is 0.194 e. The third kappa shape index (κ3) is 2.08. The highest BCUT2D eigenvalue weighted by atomic mass is 32.1. The molecule has 2 heterocycles. The van der Waals surface area contributed by atoms with Crippen LogP contribution < -0.4 is 5.32 Å². The molecule has 0 spiro atoms. The lowest BCUT2D eigenvalue weighted by Gasteiger charge is -2.12. The van der Waals surface area contributed by atoms with Crippen LogP contribution in [0, 0.1) is 19.8 Å². The Kier molecular flexibility index (Phi) is 3.16. The average Bonchev–Trinajstić information content (AvgIpc) is 2.96. The van der Waals surface area contributed by atoms with Crippen molar-refractivity contribution in [2.24, 2.45) is 5.92 Å². The van der Waals surface area contributed by atoms with Crippen molar-refractivity contribution in [3.05, 3.63) is 22.5 Å². The van der Waals surface area contributed by atoms with E-state index in [2.05, 4.69) is 40.9 Å². The van der Waals surface area contributed by atoms with Gasteiger partial charge in [0.15, 0.2) is 4.96 Å². The van der Waals surface area contributed by atoms with Crippen LogP contribution in [0.15, 0.2) is 5.38 Å². The van der Waals surface area contributed by atoms with E-state index in [0.717, 1.165) is 17.4 Å². The van der Waals surface area contributed by atoms with Crippen molar-refractivity contribution in [3.8, 4) is 0 Å². The molecule has 3 rings (SSSR count). The Morgan fingerprint density at radius 3 is 3.00 bits per heavy atom. The molecule has 1 saturated carbocycles. The molecular formula is C14H21N3S. The van der Waals surface area contributed by atoms with Gasteiger partial charge in [-0.25, -0.2) is 4.98 Å². The number of nitrogens with one attached hydrogen (secondary N) is 1. The SMILES string of the molecule is Cc1nc2scc(C)n2c1CNC1CCC(C)C1. The van der Waals surface area contributed by atoms with Gasteiger partial charge in [-0.15, -0.1) is 11.3 Å². The second-order valence-electron chi connectivity index (χ2n) is 5.64. The molecule has 2 aromatic rings. The first-order valence-corrected chi connectivity index (χ1v) is 7.68. The summed E-state index contributed by atoms with van der Waals surface area (Å²) in [5.74, 6) is 0.886. The van der Waals surface area contributed by atoms with Crippen LogP contribution in [0.3, 0.4) is 0 Å². The van der Waals surface area contributed by atoms with Crippen LogP contribution in [-0.4, -0.2) is 15.4 Å². The topological polar surface area (TPSA) is 29.3 Å². The lowest BCUT2D eigenvalue weighted by atomic mass is 10.1. The van der Waals surface area contributed by atoms with Crippen LogP contribution in [-0.2, 0) is 6.54 Å². The van der Waals surface area contributed by atoms with Crippen molar-refractivity contribution in [2.45, 2.75) is 52.6 Å². The van der Waals surface area contributed by atoms with Gasteiger partial charge in [0.2, 0.25) is 0 Å². The monoisotopic (exact) mass is 263 g/mol. The summed E-state index contributed by atoms with van der Waals surface area (Å²) in [4.78, 5) is 5.76. The molecule has 2 unspecified atom stereocenters. The van der Waals surface area contributed by atoms with Gasteiger partial charge in [-0.05, 0) is 39.0 Å². The van der Waals surface area contributed by atoms with E-state index >= 15 is 0 Å². The highest BCUT2D eigenvalue weighted by molar-refractivity contribution is 7.15. The number of rotatable bonds is 3. The summed E-state index contributed by atoms with van der Waals surface area (Å²) in [6, 6.07) is 0.698. The molecule has 2 atom stereocenters. The molecule has 18 heavy (non-hydrogen) atoms. The zero-order valence-corrected chi connectivity index (χ0v) is 12.2. The van der Waals surface area contributed by atoms with Gasteiger partial charge in [-0.3, -0.25) is 4.40 Å². The predicted molar refractivity (Wildman–Crippen MR) is 76.2 cm³/mol. The first-order valence-electron chi connectivity index (χ1n) is 6.80. The predicted octanol–water partition coefficient (Wildman–Crippen LogP) is 3.29. The Labute approximate surface area is 112 Å². The first-order chi connectivity index (χ1) is 8.65. The van der Waals surface area contributed by atoms with E-state index in [4.69, 9.17) is 0 Å². The molecule has 0 aliphatic heterocycles. The van der Waals surface area contributed by atoms with Crippen molar-refractivity contribution in [3.63, 3.8) is 0 Å². The Morgan fingerprint density at radius 1 is 1.44 bits per heavy atom. The number of aromatic nitrogens is 2. The molecule has 0 amide bonds. The minimum Gasteiger partial charge on any atom is -0.308 e. The molecule has 0 radical (unpaired) electrons. The zero-order valence-electron chi connectivity index (χ0n) is 11.4. The van der Waals surface area contributed by atoms with Crippen LogP contribution in [0.5, 0.6) is 0 Å². The lowest BCUT2D eigenvalue weighted by molar-refractivity contribution is 0.496. The molecule has 3 nitrogen and oxygen atoms in total. The zero-order chi connectivity index (χ0) is 12.7. The molecule has 2 aromatic heterocycles. The minimum atomic E-state index is 0.698. The summed E-state index contributed by atoms with van der Waals surface area (Å²) in [6.45, 7) is 7.58. The number of aryl methyl sites for hydroxylation is 2. The maximum atomic E-state index is 4.64. The van der Waals surface area contributed by atoms with E-state index in [0.29, 0.717) is 6.04 Å². The van der Waals surface area contributed by atoms with Gasteiger partial charge in [-0.1, -0.05) is 6.92 Å². The van der Waals surface area contributed by atoms with Crippen molar-refractivity contribution >= 4 is 16.3 Å². The molecule has 1 fully saturated rings. The molecular weight excluding hydrogens is 242 g/mol. The fourth-order valence-corrected chi connectivity index (χ4v) is 3.94. The fourth-order valence-electron chi connectivity index (χ4n) is 3.01. The second-order valence-corrected chi connectivity index (χ2v) is 6.47. The Balaban J connectivity index is 1.77. The summed E-state index contributed by atoms with van der Waals surface area (Å²) in [7, 11) is 0. The largest absolute Gasteiger partial charge is 0.308 e. The van der Waals surface area contributed by atoms with Crippen LogP contribution in [0.1, 0.15) is 43.3 Å². The van der Waals surface area contributed by atoms with Crippen LogP contribution in [0.25, 0.3) is 4.96 Å². The average molecular weight is 263 g/mol. The lowest BCUT2D eigenvalue weighted by Crippen LogP contribution is -2.26. The van der Waals surface area contributed by atoms with Crippen LogP contribution in [0.4, 0.5) is 0 Å². The molecule has 0 aromatic carbocycles. The van der Waals surface area contributed by atoms with Gasteiger partial charge in [0.1, 0.15) is 0 Å². The summed E-state index contributed by atoms with van der Waals surface area (Å²) < 4.78 is 2.30. The number of fused-ring (bicyclic) bond motifs is 1. The third-order valence-corrected chi connectivity index (χ3v) is 5.03. The normalized spacial score (nSPS) is 24.2. The van der Waals surface area contributed by atoms with Gasteiger partial charge in [-0.2, -0.15) is 0 Å². The van der Waals surface area contributed by atoms with Gasteiger partial charge in [0, 0.05) is 23.7 Å². The Hall–Kier alpha value is -0.870. The molecule has 98 valence electrons.